The third kappa shape index (κ3) is 2.25. The summed E-state index contributed by atoms with van der Waals surface area (Å²) in [6.45, 7) is 0. The van der Waals surface area contributed by atoms with Crippen molar-refractivity contribution in [1.29, 1.82) is 0 Å². The molecule has 2 rings (SSSR count). The Morgan fingerprint density at radius 1 is 1.13 bits per heavy atom. The molecule has 0 unspecified atom stereocenters. The molecule has 15 heavy (non-hydrogen) atoms. The first kappa shape index (κ1) is 9.93. The van der Waals surface area contributed by atoms with E-state index in [0.717, 1.165) is 4.88 Å². The smallest absolute Gasteiger partial charge is 0.220 e. The molecule has 0 aliphatic carbocycles. The molecule has 0 aliphatic heterocycles. The number of hydrogen-bond acceptors (Lipinski definition) is 3. The van der Waals surface area contributed by atoms with E-state index >= 15 is 0 Å². The molecule has 0 saturated heterocycles. The molecule has 0 atom stereocenters. The van der Waals surface area contributed by atoms with E-state index in [-0.39, 0.29) is 11.2 Å². The lowest BCUT2D eigenvalue weighted by molar-refractivity contribution is 0.465. The highest BCUT2D eigenvalue weighted by Gasteiger charge is 2.04. The van der Waals surface area contributed by atoms with Crippen LogP contribution in [-0.4, -0.2) is 5.11 Å². The van der Waals surface area contributed by atoms with Crippen molar-refractivity contribution in [3.8, 4) is 5.75 Å². The van der Waals surface area contributed by atoms with Crippen LogP contribution < -0.4 is 5.43 Å². The van der Waals surface area contributed by atoms with Crippen LogP contribution in [0.3, 0.4) is 0 Å². The quantitative estimate of drug-likeness (QED) is 0.840. The molecule has 0 bridgehead atoms. The van der Waals surface area contributed by atoms with Crippen molar-refractivity contribution in [2.75, 3.05) is 0 Å². The monoisotopic (exact) mass is 218 g/mol. The molecule has 1 N–H and O–H groups in total. The van der Waals surface area contributed by atoms with Gasteiger partial charge in [-0.2, -0.15) is 0 Å². The minimum Gasteiger partial charge on any atom is -0.504 e. The molecule has 2 aromatic rings. The first-order chi connectivity index (χ1) is 7.27. The Kier molecular flexibility index (Phi) is 2.83. The average Bonchev–Trinajstić information content (AvgIpc) is 2.68. The summed E-state index contributed by atoms with van der Waals surface area (Å²) in [5, 5.41) is 11.6. The van der Waals surface area contributed by atoms with E-state index in [2.05, 4.69) is 0 Å². The Bertz CT molecular complexity index is 503. The van der Waals surface area contributed by atoms with Crippen molar-refractivity contribution in [1.82, 2.24) is 0 Å². The van der Waals surface area contributed by atoms with Crippen molar-refractivity contribution in [2.24, 2.45) is 0 Å². The van der Waals surface area contributed by atoms with Crippen molar-refractivity contribution in [3.05, 3.63) is 62.4 Å². The van der Waals surface area contributed by atoms with Crippen LogP contribution in [0.1, 0.15) is 10.4 Å². The highest BCUT2D eigenvalue weighted by Crippen LogP contribution is 2.18. The Morgan fingerprint density at radius 3 is 2.67 bits per heavy atom. The summed E-state index contributed by atoms with van der Waals surface area (Å²) >= 11 is 1.62. The number of rotatable bonds is 2. The Balaban J connectivity index is 2.42. The van der Waals surface area contributed by atoms with E-state index in [1.165, 1.54) is 6.07 Å². The summed E-state index contributed by atoms with van der Waals surface area (Å²) in [7, 11) is 0. The third-order valence-electron chi connectivity index (χ3n) is 2.14. The summed E-state index contributed by atoms with van der Waals surface area (Å²) in [4.78, 5) is 12.5. The summed E-state index contributed by atoms with van der Waals surface area (Å²) in [5.41, 5.74) is 0.346. The zero-order valence-electron chi connectivity index (χ0n) is 8.01. The first-order valence-electron chi connectivity index (χ1n) is 4.61. The van der Waals surface area contributed by atoms with Crippen LogP contribution in [0.2, 0.25) is 0 Å². The van der Waals surface area contributed by atoms with E-state index in [4.69, 9.17) is 0 Å². The Labute approximate surface area is 91.5 Å². The zero-order chi connectivity index (χ0) is 10.7. The predicted molar refractivity (Wildman–Crippen MR) is 61.5 cm³/mol. The van der Waals surface area contributed by atoms with Crippen LogP contribution in [0.25, 0.3) is 0 Å². The van der Waals surface area contributed by atoms with Crippen LogP contribution in [0.15, 0.2) is 46.6 Å². The minimum absolute atomic E-state index is 0.145. The Hall–Kier alpha value is -1.61. The first-order valence-corrected chi connectivity index (χ1v) is 5.49. The van der Waals surface area contributed by atoms with Gasteiger partial charge in [0.05, 0.1) is 0 Å². The maximum absolute atomic E-state index is 11.3. The fourth-order valence-corrected chi connectivity index (χ4v) is 2.10. The third-order valence-corrected chi connectivity index (χ3v) is 3.01. The van der Waals surface area contributed by atoms with Gasteiger partial charge in [-0.3, -0.25) is 4.79 Å². The molecule has 0 spiro atoms. The van der Waals surface area contributed by atoms with Gasteiger partial charge in [-0.05, 0) is 17.5 Å². The van der Waals surface area contributed by atoms with E-state index in [1.54, 1.807) is 29.5 Å². The van der Waals surface area contributed by atoms with Crippen LogP contribution >= 0.6 is 11.3 Å². The van der Waals surface area contributed by atoms with Crippen LogP contribution in [0.5, 0.6) is 5.75 Å². The predicted octanol–water partition coefficient (Wildman–Crippen LogP) is 2.40. The van der Waals surface area contributed by atoms with Crippen molar-refractivity contribution in [2.45, 2.75) is 6.42 Å². The summed E-state index contributed by atoms with van der Waals surface area (Å²) in [5.74, 6) is -0.145. The standard InChI is InChI=1S/C12H10O2S/c13-11-6-2-1-4-9(12(11)14)8-10-5-3-7-15-10/h1-7H,8H2,(H,13,14). The van der Waals surface area contributed by atoms with Gasteiger partial charge in [0.1, 0.15) is 0 Å². The molecule has 0 radical (unpaired) electrons. The van der Waals surface area contributed by atoms with Crippen LogP contribution in [0, 0.1) is 0 Å². The molecule has 0 aliphatic rings. The second kappa shape index (κ2) is 4.28. The topological polar surface area (TPSA) is 37.3 Å². The molecule has 1 heterocycles. The lowest BCUT2D eigenvalue weighted by Gasteiger charge is -1.97. The van der Waals surface area contributed by atoms with Gasteiger partial charge >= 0.3 is 0 Å². The van der Waals surface area contributed by atoms with Gasteiger partial charge in [-0.25, -0.2) is 0 Å². The largest absolute Gasteiger partial charge is 0.504 e. The van der Waals surface area contributed by atoms with Gasteiger partial charge in [0.2, 0.25) is 5.43 Å². The van der Waals surface area contributed by atoms with Crippen molar-refractivity contribution < 1.29 is 5.11 Å². The SMILES string of the molecule is O=c1ccccc(Cc2cccs2)c1O. The van der Waals surface area contributed by atoms with E-state index in [9.17, 15) is 9.90 Å². The van der Waals surface area contributed by atoms with Crippen molar-refractivity contribution in [3.63, 3.8) is 0 Å². The maximum Gasteiger partial charge on any atom is 0.220 e. The molecule has 2 nitrogen and oxygen atoms in total. The molecular formula is C12H10O2S. The fraction of sp³-hybridized carbons (Fsp3) is 0.0833. The highest BCUT2D eigenvalue weighted by atomic mass is 32.1. The summed E-state index contributed by atoms with van der Waals surface area (Å²) in [6.07, 6.45) is 0.605. The fourth-order valence-electron chi connectivity index (χ4n) is 1.37. The molecule has 3 heteroatoms. The van der Waals surface area contributed by atoms with Gasteiger partial charge in [0, 0.05) is 16.9 Å². The second-order valence-electron chi connectivity index (χ2n) is 3.21. The maximum atomic E-state index is 11.3. The van der Waals surface area contributed by atoms with E-state index in [0.29, 0.717) is 12.0 Å². The summed E-state index contributed by atoms with van der Waals surface area (Å²) in [6, 6.07) is 10.5. The van der Waals surface area contributed by atoms with Crippen molar-refractivity contribution >= 4 is 11.3 Å². The van der Waals surface area contributed by atoms with E-state index < -0.39 is 0 Å². The normalized spacial score (nSPS) is 10.1. The number of hydrogen-bond donors (Lipinski definition) is 1. The summed E-state index contributed by atoms with van der Waals surface area (Å²) < 4.78 is 0. The Morgan fingerprint density at radius 2 is 1.93 bits per heavy atom. The lowest BCUT2D eigenvalue weighted by atomic mass is 10.1. The van der Waals surface area contributed by atoms with Gasteiger partial charge in [0.15, 0.2) is 5.75 Å². The molecule has 0 fully saturated rings. The number of thiophene rings is 1. The van der Waals surface area contributed by atoms with Crippen LogP contribution in [0.4, 0.5) is 0 Å². The number of aromatic hydroxyl groups is 1. The molecule has 0 amide bonds. The van der Waals surface area contributed by atoms with Gasteiger partial charge < -0.3 is 5.11 Å². The average molecular weight is 218 g/mol. The van der Waals surface area contributed by atoms with Gasteiger partial charge in [-0.1, -0.05) is 24.3 Å². The molecule has 1 aromatic carbocycles. The molecule has 76 valence electrons. The zero-order valence-corrected chi connectivity index (χ0v) is 8.83. The van der Waals surface area contributed by atoms with E-state index in [1.807, 2.05) is 17.5 Å². The molecular weight excluding hydrogens is 208 g/mol. The lowest BCUT2D eigenvalue weighted by Crippen LogP contribution is -1.96. The van der Waals surface area contributed by atoms with Gasteiger partial charge in [0.25, 0.3) is 0 Å². The molecule has 0 saturated carbocycles. The molecule has 1 aromatic heterocycles. The van der Waals surface area contributed by atoms with Gasteiger partial charge in [-0.15, -0.1) is 11.3 Å². The van der Waals surface area contributed by atoms with Crippen LogP contribution in [-0.2, 0) is 6.42 Å². The second-order valence-corrected chi connectivity index (χ2v) is 4.24. The minimum atomic E-state index is -0.327. The highest BCUT2D eigenvalue weighted by molar-refractivity contribution is 7.09.